The number of thioether (sulfide) groups is 1. The summed E-state index contributed by atoms with van der Waals surface area (Å²) in [5, 5.41) is 9.79. The zero-order valence-corrected chi connectivity index (χ0v) is 14.2. The number of halogens is 3. The number of alkyl halides is 3. The fourth-order valence-corrected chi connectivity index (χ4v) is 2.79. The SMILES string of the molecule is Cn1c(SCc2nc(N)nc(Nc3ccccc3)n2)nnc1C(F)(F)F. The molecule has 26 heavy (non-hydrogen) atoms. The number of nitrogens with zero attached hydrogens (tertiary/aromatic N) is 6. The van der Waals surface area contributed by atoms with Gasteiger partial charge in [0.2, 0.25) is 17.7 Å². The molecule has 0 unspecified atom stereocenters. The van der Waals surface area contributed by atoms with E-state index in [4.69, 9.17) is 5.73 Å². The van der Waals surface area contributed by atoms with Crippen LogP contribution in [-0.2, 0) is 19.0 Å². The minimum Gasteiger partial charge on any atom is -0.368 e. The van der Waals surface area contributed by atoms with E-state index in [-0.39, 0.29) is 22.8 Å². The highest BCUT2D eigenvalue weighted by molar-refractivity contribution is 7.98. The summed E-state index contributed by atoms with van der Waals surface area (Å²) < 4.78 is 39.1. The molecule has 0 radical (unpaired) electrons. The third-order valence-electron chi connectivity index (χ3n) is 3.15. The minimum absolute atomic E-state index is 0.00276. The lowest BCUT2D eigenvalue weighted by Crippen LogP contribution is -2.13. The van der Waals surface area contributed by atoms with E-state index in [0.29, 0.717) is 5.82 Å². The van der Waals surface area contributed by atoms with Gasteiger partial charge >= 0.3 is 6.18 Å². The molecule has 8 nitrogen and oxygen atoms in total. The molecule has 0 atom stereocenters. The summed E-state index contributed by atoms with van der Waals surface area (Å²) in [6.07, 6.45) is -4.56. The first-order valence-corrected chi connectivity index (χ1v) is 8.23. The maximum Gasteiger partial charge on any atom is 0.451 e. The molecule has 0 aliphatic heterocycles. The Balaban J connectivity index is 1.74. The van der Waals surface area contributed by atoms with E-state index < -0.39 is 12.0 Å². The number of nitrogens with two attached hydrogens (primary N) is 1. The maximum atomic E-state index is 12.7. The molecule has 3 rings (SSSR count). The van der Waals surface area contributed by atoms with Crippen molar-refractivity contribution in [2.24, 2.45) is 7.05 Å². The lowest BCUT2D eigenvalue weighted by molar-refractivity contribution is -0.147. The molecule has 2 aromatic heterocycles. The van der Waals surface area contributed by atoms with Crippen molar-refractivity contribution in [1.82, 2.24) is 29.7 Å². The van der Waals surface area contributed by atoms with E-state index in [1.54, 1.807) is 0 Å². The Morgan fingerprint density at radius 2 is 1.85 bits per heavy atom. The Kier molecular flexibility index (Phi) is 4.93. The van der Waals surface area contributed by atoms with Crippen molar-refractivity contribution in [1.29, 1.82) is 0 Å². The van der Waals surface area contributed by atoms with Crippen LogP contribution in [-0.4, -0.2) is 29.7 Å². The Morgan fingerprint density at radius 1 is 1.12 bits per heavy atom. The molecule has 136 valence electrons. The topological polar surface area (TPSA) is 107 Å². The monoisotopic (exact) mass is 382 g/mol. The van der Waals surface area contributed by atoms with Gasteiger partial charge in [-0.2, -0.15) is 28.1 Å². The van der Waals surface area contributed by atoms with Gasteiger partial charge in [0.15, 0.2) is 5.16 Å². The van der Waals surface area contributed by atoms with Gasteiger partial charge in [-0.25, -0.2) is 0 Å². The Bertz CT molecular complexity index is 897. The first-order chi connectivity index (χ1) is 12.3. The van der Waals surface area contributed by atoms with Crippen LogP contribution in [0.15, 0.2) is 35.5 Å². The molecule has 0 aliphatic carbocycles. The smallest absolute Gasteiger partial charge is 0.368 e. The van der Waals surface area contributed by atoms with E-state index in [1.807, 2.05) is 30.3 Å². The zero-order chi connectivity index (χ0) is 18.7. The second-order valence-electron chi connectivity index (χ2n) is 5.08. The highest BCUT2D eigenvalue weighted by Gasteiger charge is 2.37. The summed E-state index contributed by atoms with van der Waals surface area (Å²) in [7, 11) is 1.25. The molecule has 0 aliphatic rings. The van der Waals surface area contributed by atoms with Crippen LogP contribution in [0.4, 0.5) is 30.8 Å². The van der Waals surface area contributed by atoms with E-state index in [2.05, 4.69) is 30.5 Å². The minimum atomic E-state index is -4.56. The maximum absolute atomic E-state index is 12.7. The third kappa shape index (κ3) is 4.20. The van der Waals surface area contributed by atoms with Crippen molar-refractivity contribution in [3.8, 4) is 0 Å². The number of nitrogens with one attached hydrogen (secondary N) is 1. The lowest BCUT2D eigenvalue weighted by Gasteiger charge is -2.08. The van der Waals surface area contributed by atoms with E-state index in [9.17, 15) is 13.2 Å². The first kappa shape index (κ1) is 17.9. The van der Waals surface area contributed by atoms with Gasteiger partial charge < -0.3 is 15.6 Å². The molecular weight excluding hydrogens is 369 g/mol. The van der Waals surface area contributed by atoms with Gasteiger partial charge in [-0.3, -0.25) is 0 Å². The predicted octanol–water partition coefficient (Wildman–Crippen LogP) is 2.64. The quantitative estimate of drug-likeness (QED) is 0.649. The van der Waals surface area contributed by atoms with Crippen LogP contribution in [0.3, 0.4) is 0 Å². The number of rotatable bonds is 5. The molecule has 12 heteroatoms. The molecular formula is C14H13F3N8S. The van der Waals surface area contributed by atoms with Crippen LogP contribution in [0.25, 0.3) is 0 Å². The van der Waals surface area contributed by atoms with Crippen LogP contribution in [0.1, 0.15) is 11.6 Å². The summed E-state index contributed by atoms with van der Waals surface area (Å²) >= 11 is 1.01. The average Bonchev–Trinajstić information content (AvgIpc) is 2.94. The number of nitrogen functional groups attached to an aromatic ring is 1. The largest absolute Gasteiger partial charge is 0.451 e. The van der Waals surface area contributed by atoms with Crippen LogP contribution in [0, 0.1) is 0 Å². The van der Waals surface area contributed by atoms with E-state index >= 15 is 0 Å². The molecule has 0 amide bonds. The van der Waals surface area contributed by atoms with Crippen molar-refractivity contribution in [2.45, 2.75) is 17.1 Å². The van der Waals surface area contributed by atoms with E-state index in [1.165, 1.54) is 7.05 Å². The van der Waals surface area contributed by atoms with Crippen molar-refractivity contribution >= 4 is 29.3 Å². The van der Waals surface area contributed by atoms with Gasteiger partial charge in [-0.15, -0.1) is 10.2 Å². The number of anilines is 3. The Hall–Kier alpha value is -2.89. The van der Waals surface area contributed by atoms with Crippen LogP contribution < -0.4 is 11.1 Å². The van der Waals surface area contributed by atoms with Gasteiger partial charge in [0.05, 0.1) is 5.75 Å². The predicted molar refractivity (Wildman–Crippen MR) is 89.5 cm³/mol. The second-order valence-corrected chi connectivity index (χ2v) is 6.02. The van der Waals surface area contributed by atoms with Gasteiger partial charge in [-0.1, -0.05) is 30.0 Å². The number of benzene rings is 1. The standard InChI is InChI=1S/C14H13F3N8S/c1-25-10(14(15,16)17)23-24-13(25)26-7-9-20-11(18)22-12(21-9)19-8-5-3-2-4-6-8/h2-6H,7H2,1H3,(H3,18,19,20,21,22). The molecule has 0 bridgehead atoms. The number of aromatic nitrogens is 6. The van der Waals surface area contributed by atoms with Gasteiger partial charge in [0.25, 0.3) is 0 Å². The second kappa shape index (κ2) is 7.15. The highest BCUT2D eigenvalue weighted by atomic mass is 32.2. The molecule has 2 heterocycles. The van der Waals surface area contributed by atoms with Crippen LogP contribution in [0.2, 0.25) is 0 Å². The van der Waals surface area contributed by atoms with Crippen molar-refractivity contribution in [2.75, 3.05) is 11.1 Å². The molecule has 0 saturated heterocycles. The van der Waals surface area contributed by atoms with E-state index in [0.717, 1.165) is 22.0 Å². The van der Waals surface area contributed by atoms with Crippen molar-refractivity contribution in [3.05, 3.63) is 42.0 Å². The van der Waals surface area contributed by atoms with Gasteiger partial charge in [0.1, 0.15) is 5.82 Å². The van der Waals surface area contributed by atoms with Gasteiger partial charge in [0, 0.05) is 12.7 Å². The number of hydrogen-bond donors (Lipinski definition) is 2. The van der Waals surface area contributed by atoms with Crippen molar-refractivity contribution in [3.63, 3.8) is 0 Å². The summed E-state index contributed by atoms with van der Waals surface area (Å²) in [6.45, 7) is 0. The van der Waals surface area contributed by atoms with Crippen LogP contribution in [0.5, 0.6) is 0 Å². The molecule has 0 saturated carbocycles. The molecule has 1 aromatic carbocycles. The average molecular weight is 382 g/mol. The zero-order valence-electron chi connectivity index (χ0n) is 13.4. The Morgan fingerprint density at radius 3 is 2.50 bits per heavy atom. The normalized spacial score (nSPS) is 11.5. The van der Waals surface area contributed by atoms with Gasteiger partial charge in [-0.05, 0) is 12.1 Å². The molecule has 0 spiro atoms. The summed E-state index contributed by atoms with van der Waals surface area (Å²) in [5.74, 6) is -0.365. The third-order valence-corrected chi connectivity index (χ3v) is 4.16. The summed E-state index contributed by atoms with van der Waals surface area (Å²) in [5.41, 5.74) is 6.44. The Labute approximate surface area is 150 Å². The molecule has 3 N–H and O–H groups in total. The number of hydrogen-bond acceptors (Lipinski definition) is 8. The summed E-state index contributed by atoms with van der Waals surface area (Å²) in [4.78, 5) is 12.2. The highest BCUT2D eigenvalue weighted by Crippen LogP contribution is 2.30. The molecule has 0 fully saturated rings. The first-order valence-electron chi connectivity index (χ1n) is 7.25. The lowest BCUT2D eigenvalue weighted by atomic mass is 10.3. The fraction of sp³-hybridized carbons (Fsp3) is 0.214. The van der Waals surface area contributed by atoms with Crippen molar-refractivity contribution < 1.29 is 13.2 Å². The number of para-hydroxylation sites is 1. The fourth-order valence-electron chi connectivity index (χ4n) is 2.03. The molecule has 3 aromatic rings. The summed E-state index contributed by atoms with van der Waals surface area (Å²) in [6, 6.07) is 9.20. The van der Waals surface area contributed by atoms with Crippen LogP contribution >= 0.6 is 11.8 Å².